The molecule has 0 atom stereocenters. The number of nitrogens with zero attached hydrogens (tertiary/aromatic N) is 1. The molecule has 0 bridgehead atoms. The maximum Gasteiger partial charge on any atom is 0.119 e. The standard InChI is InChI=1S/C11H16N2O2/c12-10-2-4-11(5-3-10)14-9-7-13-6-1-8-15-13/h2-5H,1,6-9,12H2. The predicted molar refractivity (Wildman–Crippen MR) is 58.5 cm³/mol. The molecule has 1 aliphatic heterocycles. The fourth-order valence-electron chi connectivity index (χ4n) is 1.50. The van der Waals surface area contributed by atoms with Gasteiger partial charge in [-0.3, -0.25) is 4.84 Å². The van der Waals surface area contributed by atoms with Gasteiger partial charge in [-0.2, -0.15) is 5.06 Å². The Morgan fingerprint density at radius 2 is 2.13 bits per heavy atom. The van der Waals surface area contributed by atoms with Crippen LogP contribution in [0.15, 0.2) is 24.3 Å². The number of hydrogen-bond donors (Lipinski definition) is 1. The lowest BCUT2D eigenvalue weighted by molar-refractivity contribution is -0.114. The molecule has 4 heteroatoms. The molecule has 4 nitrogen and oxygen atoms in total. The van der Waals surface area contributed by atoms with Crippen LogP contribution in [0.3, 0.4) is 0 Å². The zero-order valence-electron chi connectivity index (χ0n) is 8.69. The van der Waals surface area contributed by atoms with E-state index in [1.807, 2.05) is 29.3 Å². The van der Waals surface area contributed by atoms with Gasteiger partial charge in [0, 0.05) is 12.2 Å². The smallest absolute Gasteiger partial charge is 0.119 e. The minimum atomic E-state index is 0.643. The molecule has 0 amide bonds. The van der Waals surface area contributed by atoms with Crippen LogP contribution in [0.5, 0.6) is 5.75 Å². The second kappa shape index (κ2) is 5.00. The number of rotatable bonds is 4. The van der Waals surface area contributed by atoms with Gasteiger partial charge in [0.1, 0.15) is 12.4 Å². The summed E-state index contributed by atoms with van der Waals surface area (Å²) in [6.45, 7) is 3.29. The van der Waals surface area contributed by atoms with Crippen LogP contribution in [0.2, 0.25) is 0 Å². The summed E-state index contributed by atoms with van der Waals surface area (Å²) in [5, 5.41) is 1.94. The number of hydroxylamine groups is 2. The molecule has 0 saturated carbocycles. The van der Waals surface area contributed by atoms with E-state index in [0.29, 0.717) is 6.61 Å². The second-order valence-electron chi connectivity index (χ2n) is 3.53. The summed E-state index contributed by atoms with van der Waals surface area (Å²) in [6, 6.07) is 7.42. The average Bonchev–Trinajstić information content (AvgIpc) is 2.74. The number of ether oxygens (including phenoxy) is 1. The Labute approximate surface area is 89.5 Å². The third-order valence-corrected chi connectivity index (χ3v) is 2.32. The summed E-state index contributed by atoms with van der Waals surface area (Å²) in [5.74, 6) is 0.850. The zero-order valence-corrected chi connectivity index (χ0v) is 8.69. The monoisotopic (exact) mass is 208 g/mol. The Morgan fingerprint density at radius 1 is 1.33 bits per heavy atom. The molecule has 1 aromatic rings. The van der Waals surface area contributed by atoms with Gasteiger partial charge >= 0.3 is 0 Å². The molecule has 15 heavy (non-hydrogen) atoms. The predicted octanol–water partition coefficient (Wildman–Crippen LogP) is 1.28. The van der Waals surface area contributed by atoms with E-state index in [9.17, 15) is 0 Å². The lowest BCUT2D eigenvalue weighted by Crippen LogP contribution is -2.23. The van der Waals surface area contributed by atoms with Crippen molar-refractivity contribution in [1.82, 2.24) is 5.06 Å². The molecular formula is C11H16N2O2. The Morgan fingerprint density at radius 3 is 2.80 bits per heavy atom. The molecule has 0 aliphatic carbocycles. The number of nitrogen functional groups attached to an aromatic ring is 1. The summed E-state index contributed by atoms with van der Waals surface area (Å²) in [5.41, 5.74) is 6.33. The maximum atomic E-state index is 5.57. The van der Waals surface area contributed by atoms with Crippen molar-refractivity contribution in [3.05, 3.63) is 24.3 Å². The van der Waals surface area contributed by atoms with Gasteiger partial charge in [-0.25, -0.2) is 0 Å². The molecule has 82 valence electrons. The lowest BCUT2D eigenvalue weighted by atomic mass is 10.3. The van der Waals surface area contributed by atoms with Crippen molar-refractivity contribution < 1.29 is 9.57 Å². The van der Waals surface area contributed by atoms with Gasteiger partial charge in [-0.1, -0.05) is 0 Å². The van der Waals surface area contributed by atoms with Crippen LogP contribution in [0, 0.1) is 0 Å². The van der Waals surface area contributed by atoms with Crippen LogP contribution >= 0.6 is 0 Å². The van der Waals surface area contributed by atoms with Crippen molar-refractivity contribution in [2.75, 3.05) is 32.0 Å². The molecule has 1 saturated heterocycles. The van der Waals surface area contributed by atoms with E-state index in [-0.39, 0.29) is 0 Å². The van der Waals surface area contributed by atoms with Crippen molar-refractivity contribution in [2.45, 2.75) is 6.42 Å². The molecular weight excluding hydrogens is 192 g/mol. The molecule has 0 radical (unpaired) electrons. The fourth-order valence-corrected chi connectivity index (χ4v) is 1.50. The summed E-state index contributed by atoms with van der Waals surface area (Å²) in [6.07, 6.45) is 1.11. The SMILES string of the molecule is Nc1ccc(OCCN2CCCO2)cc1. The fraction of sp³-hybridized carbons (Fsp3) is 0.455. The first-order chi connectivity index (χ1) is 7.34. The Bertz CT molecular complexity index is 294. The van der Waals surface area contributed by atoms with Crippen LogP contribution in [-0.2, 0) is 4.84 Å². The van der Waals surface area contributed by atoms with Crippen LogP contribution in [0.1, 0.15) is 6.42 Å². The molecule has 0 unspecified atom stereocenters. The minimum absolute atomic E-state index is 0.643. The number of benzene rings is 1. The van der Waals surface area contributed by atoms with E-state index in [0.717, 1.165) is 37.6 Å². The number of nitrogens with two attached hydrogens (primary N) is 1. The van der Waals surface area contributed by atoms with Gasteiger partial charge in [-0.05, 0) is 30.7 Å². The third kappa shape index (κ3) is 3.11. The van der Waals surface area contributed by atoms with Gasteiger partial charge in [0.15, 0.2) is 0 Å². The topological polar surface area (TPSA) is 47.7 Å². The largest absolute Gasteiger partial charge is 0.492 e. The molecule has 2 N–H and O–H groups in total. The summed E-state index contributed by atoms with van der Waals surface area (Å²) in [4.78, 5) is 5.34. The van der Waals surface area contributed by atoms with Crippen molar-refractivity contribution in [3.8, 4) is 5.75 Å². The Hall–Kier alpha value is -1.26. The molecule has 1 fully saturated rings. The second-order valence-corrected chi connectivity index (χ2v) is 3.53. The first kappa shape index (κ1) is 10.3. The Kier molecular flexibility index (Phi) is 3.42. The van der Waals surface area contributed by atoms with E-state index in [4.69, 9.17) is 15.3 Å². The molecule has 0 aromatic heterocycles. The highest BCUT2D eigenvalue weighted by atomic mass is 16.7. The molecule has 1 aliphatic rings. The van der Waals surface area contributed by atoms with E-state index in [1.165, 1.54) is 0 Å². The van der Waals surface area contributed by atoms with Gasteiger partial charge in [0.25, 0.3) is 0 Å². The highest BCUT2D eigenvalue weighted by molar-refractivity contribution is 5.41. The third-order valence-electron chi connectivity index (χ3n) is 2.32. The quantitative estimate of drug-likeness (QED) is 0.757. The normalized spacial score (nSPS) is 16.8. The zero-order chi connectivity index (χ0) is 10.5. The molecule has 0 spiro atoms. The summed E-state index contributed by atoms with van der Waals surface area (Å²) < 4.78 is 5.55. The van der Waals surface area contributed by atoms with Crippen LogP contribution in [0.25, 0.3) is 0 Å². The first-order valence-electron chi connectivity index (χ1n) is 5.21. The van der Waals surface area contributed by atoms with Crippen LogP contribution < -0.4 is 10.5 Å². The molecule has 1 heterocycles. The van der Waals surface area contributed by atoms with E-state index >= 15 is 0 Å². The van der Waals surface area contributed by atoms with Gasteiger partial charge in [-0.15, -0.1) is 0 Å². The van der Waals surface area contributed by atoms with E-state index in [1.54, 1.807) is 0 Å². The van der Waals surface area contributed by atoms with Crippen molar-refractivity contribution in [3.63, 3.8) is 0 Å². The first-order valence-corrected chi connectivity index (χ1v) is 5.21. The molecule has 1 aromatic carbocycles. The van der Waals surface area contributed by atoms with Crippen molar-refractivity contribution in [1.29, 1.82) is 0 Å². The van der Waals surface area contributed by atoms with E-state index < -0.39 is 0 Å². The van der Waals surface area contributed by atoms with Gasteiger partial charge in [0.05, 0.1) is 13.2 Å². The van der Waals surface area contributed by atoms with Crippen molar-refractivity contribution >= 4 is 5.69 Å². The highest BCUT2D eigenvalue weighted by Crippen LogP contribution is 2.13. The number of anilines is 1. The Balaban J connectivity index is 1.71. The molecule has 2 rings (SSSR count). The van der Waals surface area contributed by atoms with Crippen LogP contribution in [-0.4, -0.2) is 31.4 Å². The summed E-state index contributed by atoms with van der Waals surface area (Å²) in [7, 11) is 0. The highest BCUT2D eigenvalue weighted by Gasteiger charge is 2.11. The van der Waals surface area contributed by atoms with E-state index in [2.05, 4.69) is 0 Å². The maximum absolute atomic E-state index is 5.57. The van der Waals surface area contributed by atoms with Crippen LogP contribution in [0.4, 0.5) is 5.69 Å². The minimum Gasteiger partial charge on any atom is -0.492 e. The van der Waals surface area contributed by atoms with Gasteiger partial charge in [0.2, 0.25) is 0 Å². The lowest BCUT2D eigenvalue weighted by Gasteiger charge is -2.13. The average molecular weight is 208 g/mol. The van der Waals surface area contributed by atoms with Crippen molar-refractivity contribution in [2.24, 2.45) is 0 Å². The van der Waals surface area contributed by atoms with Gasteiger partial charge < -0.3 is 10.5 Å². The number of hydrogen-bond acceptors (Lipinski definition) is 4. The summed E-state index contributed by atoms with van der Waals surface area (Å²) >= 11 is 0.